The number of aryl methyl sites for hydroxylation is 1. The van der Waals surface area contributed by atoms with Crippen LogP contribution in [0, 0.1) is 6.92 Å². The summed E-state index contributed by atoms with van der Waals surface area (Å²) in [5, 5.41) is 0.903. The summed E-state index contributed by atoms with van der Waals surface area (Å²) in [6.45, 7) is 2.14. The van der Waals surface area contributed by atoms with Crippen molar-refractivity contribution in [3.63, 3.8) is 0 Å². The first kappa shape index (κ1) is 16.9. The number of sulfonamides is 1. The van der Waals surface area contributed by atoms with Crippen molar-refractivity contribution < 1.29 is 8.42 Å². The first-order valence-electron chi connectivity index (χ1n) is 5.84. The van der Waals surface area contributed by atoms with E-state index in [0.29, 0.717) is 8.95 Å². The van der Waals surface area contributed by atoms with Crippen LogP contribution in [-0.2, 0) is 16.6 Å². The monoisotopic (exact) mass is 453 g/mol. The van der Waals surface area contributed by atoms with Gasteiger partial charge in [-0.15, -0.1) is 11.3 Å². The minimum Gasteiger partial charge on any atom is -0.398 e. The summed E-state index contributed by atoms with van der Waals surface area (Å²) < 4.78 is 27.8. The van der Waals surface area contributed by atoms with Gasteiger partial charge in [0.1, 0.15) is 4.90 Å². The van der Waals surface area contributed by atoms with Gasteiger partial charge >= 0.3 is 0 Å². The van der Waals surface area contributed by atoms with Crippen molar-refractivity contribution >= 4 is 58.9 Å². The molecule has 0 saturated heterocycles. The van der Waals surface area contributed by atoms with Crippen LogP contribution >= 0.6 is 43.2 Å². The fourth-order valence-corrected chi connectivity index (χ4v) is 5.88. The Morgan fingerprint density at radius 2 is 2.05 bits per heavy atom. The number of nitrogens with two attached hydrogens (primary N) is 1. The molecule has 114 valence electrons. The van der Waals surface area contributed by atoms with Gasteiger partial charge in [-0.3, -0.25) is 0 Å². The Morgan fingerprint density at radius 1 is 1.38 bits per heavy atom. The highest BCUT2D eigenvalue weighted by Gasteiger charge is 2.27. The van der Waals surface area contributed by atoms with Crippen LogP contribution in [0.3, 0.4) is 0 Å². The second kappa shape index (κ2) is 6.33. The third kappa shape index (κ3) is 3.65. The molecule has 2 aromatic rings. The van der Waals surface area contributed by atoms with Gasteiger partial charge in [0.2, 0.25) is 10.0 Å². The van der Waals surface area contributed by atoms with Crippen LogP contribution in [0.1, 0.15) is 9.88 Å². The number of hydrogen-bond donors (Lipinski definition) is 1. The molecular weight excluding hydrogens is 442 g/mol. The number of benzene rings is 1. The molecule has 5 nitrogen and oxygen atoms in total. The van der Waals surface area contributed by atoms with Crippen LogP contribution in [-0.4, -0.2) is 24.8 Å². The molecule has 1 aromatic heterocycles. The zero-order chi connectivity index (χ0) is 15.8. The summed E-state index contributed by atoms with van der Waals surface area (Å²) in [4.78, 5) is 5.09. The van der Waals surface area contributed by atoms with E-state index >= 15 is 0 Å². The summed E-state index contributed by atoms with van der Waals surface area (Å²) >= 11 is 8.02. The van der Waals surface area contributed by atoms with Gasteiger partial charge in [-0.05, 0) is 35.0 Å². The van der Waals surface area contributed by atoms with Crippen molar-refractivity contribution in [2.75, 3.05) is 12.8 Å². The topological polar surface area (TPSA) is 76.3 Å². The van der Waals surface area contributed by atoms with E-state index in [2.05, 4.69) is 36.8 Å². The van der Waals surface area contributed by atoms with Gasteiger partial charge in [0.25, 0.3) is 0 Å². The molecule has 0 spiro atoms. The van der Waals surface area contributed by atoms with Gasteiger partial charge in [0, 0.05) is 33.6 Å². The maximum absolute atomic E-state index is 12.7. The number of aromatic nitrogens is 1. The Bertz CT molecular complexity index is 752. The number of nitrogens with zero attached hydrogens (tertiary/aromatic N) is 2. The van der Waals surface area contributed by atoms with Gasteiger partial charge < -0.3 is 5.73 Å². The van der Waals surface area contributed by atoms with Gasteiger partial charge in [-0.2, -0.15) is 4.31 Å². The number of thiazole rings is 1. The summed E-state index contributed by atoms with van der Waals surface area (Å²) in [7, 11) is -2.16. The average Bonchev–Trinajstić information content (AvgIpc) is 2.72. The Hall–Kier alpha value is -0.480. The third-order valence-corrected chi connectivity index (χ3v) is 6.92. The molecule has 0 atom stereocenters. The molecule has 1 heterocycles. The highest BCUT2D eigenvalue weighted by atomic mass is 79.9. The SMILES string of the molecule is Cc1ncc(CN(C)S(=O)(=O)c2c(N)cc(Br)cc2Br)s1. The molecule has 0 aliphatic rings. The standard InChI is InChI=1S/C12H13Br2N3O2S2/c1-7-16-5-9(20-7)6-17(2)21(18,19)12-10(14)3-8(13)4-11(12)15/h3-5H,6,15H2,1-2H3. The molecule has 21 heavy (non-hydrogen) atoms. The lowest BCUT2D eigenvalue weighted by molar-refractivity contribution is 0.469. The van der Waals surface area contributed by atoms with Gasteiger partial charge in [-0.1, -0.05) is 15.9 Å². The van der Waals surface area contributed by atoms with E-state index in [4.69, 9.17) is 5.73 Å². The van der Waals surface area contributed by atoms with Crippen LogP contribution in [0.25, 0.3) is 0 Å². The van der Waals surface area contributed by atoms with Crippen LogP contribution in [0.4, 0.5) is 5.69 Å². The molecular formula is C12H13Br2N3O2S2. The van der Waals surface area contributed by atoms with E-state index in [-0.39, 0.29) is 17.1 Å². The Kier molecular flexibility index (Phi) is 5.09. The highest BCUT2D eigenvalue weighted by molar-refractivity contribution is 9.11. The van der Waals surface area contributed by atoms with Crippen molar-refractivity contribution in [3.05, 3.63) is 37.2 Å². The lowest BCUT2D eigenvalue weighted by Gasteiger charge is -2.18. The maximum Gasteiger partial charge on any atom is 0.246 e. The first-order chi connectivity index (χ1) is 9.71. The zero-order valence-corrected chi connectivity index (χ0v) is 16.1. The minimum absolute atomic E-state index is 0.0782. The van der Waals surface area contributed by atoms with Gasteiger partial charge in [0.15, 0.2) is 0 Å². The van der Waals surface area contributed by atoms with E-state index in [0.717, 1.165) is 9.88 Å². The Labute approximate surface area is 144 Å². The van der Waals surface area contributed by atoms with Gasteiger partial charge in [-0.25, -0.2) is 13.4 Å². The van der Waals surface area contributed by atoms with E-state index in [1.54, 1.807) is 18.3 Å². The van der Waals surface area contributed by atoms with Crippen molar-refractivity contribution in [2.45, 2.75) is 18.4 Å². The molecule has 0 saturated carbocycles. The summed E-state index contributed by atoms with van der Waals surface area (Å²) in [5.41, 5.74) is 6.07. The van der Waals surface area contributed by atoms with Gasteiger partial charge in [0.05, 0.1) is 10.7 Å². The quantitative estimate of drug-likeness (QED) is 0.718. The molecule has 0 aliphatic heterocycles. The molecule has 1 aromatic carbocycles. The van der Waals surface area contributed by atoms with E-state index in [1.807, 2.05) is 6.92 Å². The molecule has 2 N–H and O–H groups in total. The third-order valence-electron chi connectivity index (χ3n) is 2.75. The van der Waals surface area contributed by atoms with E-state index < -0.39 is 10.0 Å². The van der Waals surface area contributed by atoms with Crippen molar-refractivity contribution in [1.82, 2.24) is 9.29 Å². The second-order valence-electron chi connectivity index (χ2n) is 4.41. The van der Waals surface area contributed by atoms with E-state index in [1.165, 1.54) is 22.7 Å². The predicted molar refractivity (Wildman–Crippen MR) is 91.8 cm³/mol. The molecule has 0 amide bonds. The van der Waals surface area contributed by atoms with Crippen molar-refractivity contribution in [3.8, 4) is 0 Å². The van der Waals surface area contributed by atoms with E-state index in [9.17, 15) is 8.42 Å². The van der Waals surface area contributed by atoms with Crippen LogP contribution in [0.15, 0.2) is 32.2 Å². The van der Waals surface area contributed by atoms with Crippen LogP contribution in [0.5, 0.6) is 0 Å². The number of anilines is 1. The molecule has 2 rings (SSSR count). The first-order valence-corrected chi connectivity index (χ1v) is 9.68. The second-order valence-corrected chi connectivity index (χ2v) is 9.48. The average molecular weight is 455 g/mol. The number of halogens is 2. The molecule has 0 aliphatic carbocycles. The molecule has 0 unspecified atom stereocenters. The predicted octanol–water partition coefficient (Wildman–Crippen LogP) is 3.38. The van der Waals surface area contributed by atoms with Crippen molar-refractivity contribution in [1.29, 1.82) is 0 Å². The molecule has 9 heteroatoms. The fraction of sp³-hybridized carbons (Fsp3) is 0.250. The summed E-state index contributed by atoms with van der Waals surface area (Å²) in [6, 6.07) is 3.23. The number of rotatable bonds is 4. The maximum atomic E-state index is 12.7. The zero-order valence-electron chi connectivity index (χ0n) is 11.3. The molecule has 0 bridgehead atoms. The lowest BCUT2D eigenvalue weighted by Crippen LogP contribution is -2.27. The summed E-state index contributed by atoms with van der Waals surface area (Å²) in [5.74, 6) is 0. The smallest absolute Gasteiger partial charge is 0.246 e. The summed E-state index contributed by atoms with van der Waals surface area (Å²) in [6.07, 6.45) is 1.69. The molecule has 0 fully saturated rings. The Balaban J connectivity index is 2.38. The normalized spacial score (nSPS) is 12.0. The van der Waals surface area contributed by atoms with Crippen molar-refractivity contribution in [2.24, 2.45) is 0 Å². The number of nitrogen functional groups attached to an aromatic ring is 1. The minimum atomic E-state index is -3.69. The number of hydrogen-bond acceptors (Lipinski definition) is 5. The van der Waals surface area contributed by atoms with Crippen LogP contribution in [0.2, 0.25) is 0 Å². The lowest BCUT2D eigenvalue weighted by atomic mass is 10.3. The fourth-order valence-electron chi connectivity index (χ4n) is 1.79. The highest BCUT2D eigenvalue weighted by Crippen LogP contribution is 2.33. The molecule has 0 radical (unpaired) electrons. The Morgan fingerprint density at radius 3 is 2.57 bits per heavy atom. The van der Waals surface area contributed by atoms with Crippen LogP contribution < -0.4 is 5.73 Å². The largest absolute Gasteiger partial charge is 0.398 e.